The minimum atomic E-state index is 0.00635. The van der Waals surface area contributed by atoms with E-state index in [2.05, 4.69) is 17.6 Å². The Morgan fingerprint density at radius 3 is 2.90 bits per heavy atom. The number of hydrogen-bond donors (Lipinski definition) is 2. The molecule has 1 aromatic carbocycles. The lowest BCUT2D eigenvalue weighted by molar-refractivity contribution is -0.116. The fraction of sp³-hybridized carbons (Fsp3) is 0.533. The maximum atomic E-state index is 11.8. The second kappa shape index (κ2) is 7.75. The van der Waals surface area contributed by atoms with Crippen LogP contribution in [0.2, 0.25) is 0 Å². The predicted molar refractivity (Wildman–Crippen MR) is 78.2 cm³/mol. The SMILES string of the molecule is CCCCCNCCC(=O)Nc1ccc2c(c1)OCO2. The molecule has 0 fully saturated rings. The number of hydrogen-bond acceptors (Lipinski definition) is 4. The Labute approximate surface area is 119 Å². The Balaban J connectivity index is 1.67. The van der Waals surface area contributed by atoms with Gasteiger partial charge < -0.3 is 20.1 Å². The van der Waals surface area contributed by atoms with Crippen molar-refractivity contribution in [1.82, 2.24) is 5.32 Å². The lowest BCUT2D eigenvalue weighted by Crippen LogP contribution is -2.22. The van der Waals surface area contributed by atoms with Crippen LogP contribution < -0.4 is 20.1 Å². The molecule has 0 saturated carbocycles. The van der Waals surface area contributed by atoms with E-state index in [9.17, 15) is 4.79 Å². The molecule has 5 heteroatoms. The highest BCUT2D eigenvalue weighted by Gasteiger charge is 2.13. The molecule has 0 aromatic heterocycles. The number of nitrogens with one attached hydrogen (secondary N) is 2. The van der Waals surface area contributed by atoms with Crippen LogP contribution in [-0.2, 0) is 4.79 Å². The number of unbranched alkanes of at least 4 members (excludes halogenated alkanes) is 2. The van der Waals surface area contributed by atoms with Gasteiger partial charge in [0.25, 0.3) is 0 Å². The first-order valence-electron chi connectivity index (χ1n) is 7.20. The van der Waals surface area contributed by atoms with Gasteiger partial charge in [0.15, 0.2) is 11.5 Å². The van der Waals surface area contributed by atoms with E-state index in [0.717, 1.165) is 18.0 Å². The van der Waals surface area contributed by atoms with Crippen molar-refractivity contribution in [3.8, 4) is 11.5 Å². The molecule has 5 nitrogen and oxygen atoms in total. The molecule has 2 N–H and O–H groups in total. The van der Waals surface area contributed by atoms with Gasteiger partial charge in [-0.05, 0) is 25.1 Å². The number of benzene rings is 1. The van der Waals surface area contributed by atoms with E-state index in [-0.39, 0.29) is 12.7 Å². The van der Waals surface area contributed by atoms with Crippen molar-refractivity contribution in [2.45, 2.75) is 32.6 Å². The minimum Gasteiger partial charge on any atom is -0.454 e. The lowest BCUT2D eigenvalue weighted by atomic mass is 10.2. The molecule has 1 aliphatic heterocycles. The predicted octanol–water partition coefficient (Wildman–Crippen LogP) is 2.52. The number of carbonyl (C=O) groups excluding carboxylic acids is 1. The van der Waals surface area contributed by atoms with Crippen LogP contribution in [0.25, 0.3) is 0 Å². The Morgan fingerprint density at radius 1 is 1.20 bits per heavy atom. The lowest BCUT2D eigenvalue weighted by Gasteiger charge is -2.07. The second-order valence-electron chi connectivity index (χ2n) is 4.82. The molecule has 1 heterocycles. The fourth-order valence-corrected chi connectivity index (χ4v) is 2.02. The summed E-state index contributed by atoms with van der Waals surface area (Å²) in [4.78, 5) is 11.8. The third-order valence-electron chi connectivity index (χ3n) is 3.14. The van der Waals surface area contributed by atoms with E-state index in [1.54, 1.807) is 12.1 Å². The standard InChI is InChI=1S/C15H22N2O3/c1-2-3-4-8-16-9-7-15(18)17-12-5-6-13-14(10-12)20-11-19-13/h5-6,10,16H,2-4,7-9,11H2,1H3,(H,17,18). The van der Waals surface area contributed by atoms with E-state index in [1.165, 1.54) is 19.3 Å². The highest BCUT2D eigenvalue weighted by Crippen LogP contribution is 2.34. The molecule has 2 rings (SSSR count). The van der Waals surface area contributed by atoms with E-state index in [0.29, 0.717) is 18.7 Å². The van der Waals surface area contributed by atoms with Crippen LogP contribution in [0.3, 0.4) is 0 Å². The summed E-state index contributed by atoms with van der Waals surface area (Å²) in [6.07, 6.45) is 4.09. The first-order valence-corrected chi connectivity index (χ1v) is 7.20. The zero-order chi connectivity index (χ0) is 14.2. The van der Waals surface area contributed by atoms with Gasteiger partial charge in [-0.3, -0.25) is 4.79 Å². The average Bonchev–Trinajstić information content (AvgIpc) is 2.90. The number of ether oxygens (including phenoxy) is 2. The Morgan fingerprint density at radius 2 is 2.05 bits per heavy atom. The number of anilines is 1. The molecule has 0 aliphatic carbocycles. The van der Waals surface area contributed by atoms with E-state index in [4.69, 9.17) is 9.47 Å². The van der Waals surface area contributed by atoms with Crippen LogP contribution >= 0.6 is 0 Å². The molecule has 0 spiro atoms. The van der Waals surface area contributed by atoms with Crippen LogP contribution in [0.15, 0.2) is 18.2 Å². The molecular formula is C15H22N2O3. The fourth-order valence-electron chi connectivity index (χ4n) is 2.02. The smallest absolute Gasteiger partial charge is 0.231 e. The summed E-state index contributed by atoms with van der Waals surface area (Å²) >= 11 is 0. The van der Waals surface area contributed by atoms with Crippen molar-refractivity contribution < 1.29 is 14.3 Å². The molecule has 0 saturated heterocycles. The topological polar surface area (TPSA) is 59.6 Å². The summed E-state index contributed by atoms with van der Waals surface area (Å²) in [6.45, 7) is 4.11. The molecular weight excluding hydrogens is 256 g/mol. The van der Waals surface area contributed by atoms with Gasteiger partial charge in [0.1, 0.15) is 0 Å². The quantitative estimate of drug-likeness (QED) is 0.717. The third-order valence-corrected chi connectivity index (χ3v) is 3.14. The molecule has 1 amide bonds. The summed E-state index contributed by atoms with van der Waals surface area (Å²) in [5.74, 6) is 1.41. The molecule has 110 valence electrons. The molecule has 1 aromatic rings. The molecule has 0 atom stereocenters. The van der Waals surface area contributed by atoms with Crippen molar-refractivity contribution in [2.24, 2.45) is 0 Å². The van der Waals surface area contributed by atoms with Crippen molar-refractivity contribution in [3.05, 3.63) is 18.2 Å². The highest BCUT2D eigenvalue weighted by molar-refractivity contribution is 5.91. The number of carbonyl (C=O) groups is 1. The van der Waals surface area contributed by atoms with Gasteiger partial charge in [-0.1, -0.05) is 19.8 Å². The van der Waals surface area contributed by atoms with Crippen molar-refractivity contribution in [2.75, 3.05) is 25.2 Å². The molecule has 0 unspecified atom stereocenters. The molecule has 0 radical (unpaired) electrons. The van der Waals surface area contributed by atoms with Gasteiger partial charge in [-0.25, -0.2) is 0 Å². The Bertz CT molecular complexity index is 449. The molecule has 0 bridgehead atoms. The first-order chi connectivity index (χ1) is 9.79. The van der Waals surface area contributed by atoms with Crippen LogP contribution in [0.4, 0.5) is 5.69 Å². The summed E-state index contributed by atoms with van der Waals surface area (Å²) in [5.41, 5.74) is 0.741. The summed E-state index contributed by atoms with van der Waals surface area (Å²) < 4.78 is 10.5. The van der Waals surface area contributed by atoms with Gasteiger partial charge >= 0.3 is 0 Å². The zero-order valence-corrected chi connectivity index (χ0v) is 11.9. The summed E-state index contributed by atoms with van der Waals surface area (Å²) in [5, 5.41) is 6.13. The van der Waals surface area contributed by atoms with Crippen LogP contribution in [0.1, 0.15) is 32.6 Å². The van der Waals surface area contributed by atoms with Crippen LogP contribution in [-0.4, -0.2) is 25.8 Å². The minimum absolute atomic E-state index is 0.00635. The van der Waals surface area contributed by atoms with Gasteiger partial charge in [0.05, 0.1) is 0 Å². The van der Waals surface area contributed by atoms with Crippen LogP contribution in [0.5, 0.6) is 11.5 Å². The Hall–Kier alpha value is -1.75. The second-order valence-corrected chi connectivity index (χ2v) is 4.82. The normalized spacial score (nSPS) is 12.4. The average molecular weight is 278 g/mol. The van der Waals surface area contributed by atoms with Crippen molar-refractivity contribution in [3.63, 3.8) is 0 Å². The summed E-state index contributed by atoms with van der Waals surface area (Å²) in [6, 6.07) is 5.41. The van der Waals surface area contributed by atoms with Gasteiger partial charge in [0, 0.05) is 24.7 Å². The molecule has 1 aliphatic rings. The third kappa shape index (κ3) is 4.42. The number of rotatable bonds is 8. The largest absolute Gasteiger partial charge is 0.454 e. The summed E-state index contributed by atoms with van der Waals surface area (Å²) in [7, 11) is 0. The monoisotopic (exact) mass is 278 g/mol. The Kier molecular flexibility index (Phi) is 5.68. The highest BCUT2D eigenvalue weighted by atomic mass is 16.7. The van der Waals surface area contributed by atoms with E-state index >= 15 is 0 Å². The van der Waals surface area contributed by atoms with Crippen molar-refractivity contribution >= 4 is 11.6 Å². The van der Waals surface area contributed by atoms with Gasteiger partial charge in [0.2, 0.25) is 12.7 Å². The number of amides is 1. The maximum absolute atomic E-state index is 11.8. The van der Waals surface area contributed by atoms with E-state index < -0.39 is 0 Å². The van der Waals surface area contributed by atoms with Gasteiger partial charge in [-0.2, -0.15) is 0 Å². The van der Waals surface area contributed by atoms with E-state index in [1.807, 2.05) is 6.07 Å². The zero-order valence-electron chi connectivity index (χ0n) is 11.9. The number of fused-ring (bicyclic) bond motifs is 1. The first kappa shape index (κ1) is 14.7. The van der Waals surface area contributed by atoms with Gasteiger partial charge in [-0.15, -0.1) is 0 Å². The van der Waals surface area contributed by atoms with Crippen LogP contribution in [0, 0.1) is 0 Å². The van der Waals surface area contributed by atoms with Crippen molar-refractivity contribution in [1.29, 1.82) is 0 Å². The maximum Gasteiger partial charge on any atom is 0.231 e. The molecule has 20 heavy (non-hydrogen) atoms.